The monoisotopic (exact) mass is 194 g/mol. The largest absolute Gasteiger partial charge is 0.496 e. The normalized spacial score (nSPS) is 9.64. The molecule has 3 heteroatoms. The molecule has 76 valence electrons. The minimum Gasteiger partial charge on any atom is -0.496 e. The molecule has 0 saturated heterocycles. The van der Waals surface area contributed by atoms with Gasteiger partial charge >= 0.3 is 5.97 Å². The highest BCUT2D eigenvalue weighted by atomic mass is 16.5. The van der Waals surface area contributed by atoms with Crippen LogP contribution in [0.3, 0.4) is 0 Å². The number of carbonyl (C=O) groups is 1. The first kappa shape index (κ1) is 10.6. The van der Waals surface area contributed by atoms with Crippen molar-refractivity contribution in [3.05, 3.63) is 29.3 Å². The first-order valence-electron chi connectivity index (χ1n) is 4.48. The van der Waals surface area contributed by atoms with Crippen LogP contribution in [0.15, 0.2) is 18.2 Å². The summed E-state index contributed by atoms with van der Waals surface area (Å²) in [4.78, 5) is 11.4. The summed E-state index contributed by atoms with van der Waals surface area (Å²) in [5.41, 5.74) is 1.49. The van der Waals surface area contributed by atoms with E-state index in [2.05, 4.69) is 4.74 Å². The van der Waals surface area contributed by atoms with Crippen molar-refractivity contribution in [1.82, 2.24) is 0 Å². The summed E-state index contributed by atoms with van der Waals surface area (Å²) in [6.45, 7) is 2.01. The van der Waals surface area contributed by atoms with Gasteiger partial charge < -0.3 is 9.47 Å². The molecular weight excluding hydrogens is 180 g/mol. The van der Waals surface area contributed by atoms with Crippen LogP contribution in [-0.2, 0) is 11.2 Å². The van der Waals surface area contributed by atoms with Gasteiger partial charge in [0.2, 0.25) is 0 Å². The molecule has 1 aromatic carbocycles. The van der Waals surface area contributed by atoms with Crippen LogP contribution in [0.25, 0.3) is 0 Å². The lowest BCUT2D eigenvalue weighted by molar-refractivity contribution is 0.0597. The van der Waals surface area contributed by atoms with Gasteiger partial charge in [-0.3, -0.25) is 0 Å². The van der Waals surface area contributed by atoms with E-state index in [0.29, 0.717) is 11.3 Å². The number of hydrogen-bond acceptors (Lipinski definition) is 3. The second kappa shape index (κ2) is 4.65. The predicted octanol–water partition coefficient (Wildman–Crippen LogP) is 2.04. The van der Waals surface area contributed by atoms with Crippen LogP contribution in [0, 0.1) is 0 Å². The highest BCUT2D eigenvalue weighted by Gasteiger charge is 2.14. The van der Waals surface area contributed by atoms with Crippen molar-refractivity contribution in [1.29, 1.82) is 0 Å². The fourth-order valence-electron chi connectivity index (χ4n) is 1.37. The number of benzene rings is 1. The molecule has 0 bridgehead atoms. The Hall–Kier alpha value is -1.51. The maximum absolute atomic E-state index is 11.4. The summed E-state index contributed by atoms with van der Waals surface area (Å²) < 4.78 is 9.85. The van der Waals surface area contributed by atoms with Gasteiger partial charge in [0.25, 0.3) is 0 Å². The molecule has 14 heavy (non-hydrogen) atoms. The van der Waals surface area contributed by atoms with Crippen molar-refractivity contribution in [2.24, 2.45) is 0 Å². The van der Waals surface area contributed by atoms with Crippen LogP contribution in [0.5, 0.6) is 5.75 Å². The number of aryl methyl sites for hydroxylation is 1. The van der Waals surface area contributed by atoms with Crippen LogP contribution in [0.1, 0.15) is 22.8 Å². The van der Waals surface area contributed by atoms with E-state index in [1.54, 1.807) is 13.2 Å². The molecule has 0 N–H and O–H groups in total. The molecule has 0 heterocycles. The molecule has 1 rings (SSSR count). The zero-order chi connectivity index (χ0) is 10.6. The molecule has 0 unspecified atom stereocenters. The summed E-state index contributed by atoms with van der Waals surface area (Å²) in [6, 6.07) is 5.46. The average molecular weight is 194 g/mol. The number of esters is 1. The van der Waals surface area contributed by atoms with Gasteiger partial charge in [-0.2, -0.15) is 0 Å². The van der Waals surface area contributed by atoms with Gasteiger partial charge in [0.05, 0.1) is 14.2 Å². The quantitative estimate of drug-likeness (QED) is 0.691. The van der Waals surface area contributed by atoms with Gasteiger partial charge in [-0.15, -0.1) is 0 Å². The summed E-state index contributed by atoms with van der Waals surface area (Å²) in [6.07, 6.45) is 0.827. The molecule has 1 aromatic rings. The molecule has 3 nitrogen and oxygen atoms in total. The van der Waals surface area contributed by atoms with Gasteiger partial charge in [-0.25, -0.2) is 4.79 Å². The van der Waals surface area contributed by atoms with E-state index in [-0.39, 0.29) is 5.97 Å². The Bertz CT molecular complexity index is 331. The Labute approximate surface area is 83.6 Å². The van der Waals surface area contributed by atoms with Crippen LogP contribution in [-0.4, -0.2) is 20.2 Å². The summed E-state index contributed by atoms with van der Waals surface area (Å²) >= 11 is 0. The van der Waals surface area contributed by atoms with Gasteiger partial charge in [-0.1, -0.05) is 19.1 Å². The minimum absolute atomic E-state index is 0.364. The van der Waals surface area contributed by atoms with Crippen molar-refractivity contribution in [3.8, 4) is 5.75 Å². The van der Waals surface area contributed by atoms with E-state index < -0.39 is 0 Å². The van der Waals surface area contributed by atoms with Crippen molar-refractivity contribution < 1.29 is 14.3 Å². The van der Waals surface area contributed by atoms with Gasteiger partial charge in [0, 0.05) is 0 Å². The molecule has 0 aliphatic rings. The molecular formula is C11H14O3. The van der Waals surface area contributed by atoms with Crippen LogP contribution >= 0.6 is 0 Å². The van der Waals surface area contributed by atoms with E-state index in [9.17, 15) is 4.79 Å². The Kier molecular flexibility index (Phi) is 3.51. The molecule has 0 radical (unpaired) electrons. The fraction of sp³-hybridized carbons (Fsp3) is 0.364. The second-order valence-electron chi connectivity index (χ2n) is 2.84. The Morgan fingerprint density at radius 3 is 2.57 bits per heavy atom. The van der Waals surface area contributed by atoms with E-state index >= 15 is 0 Å². The van der Waals surface area contributed by atoms with E-state index in [1.165, 1.54) is 7.11 Å². The number of ether oxygens (including phenoxy) is 2. The molecule has 0 aliphatic heterocycles. The standard InChI is InChI=1S/C11H14O3/c1-4-8-6-5-7-9(10(8)13-2)11(12)14-3/h5-7H,4H2,1-3H3. The number of para-hydroxylation sites is 1. The van der Waals surface area contributed by atoms with Crippen LogP contribution in [0.4, 0.5) is 0 Å². The van der Waals surface area contributed by atoms with Crippen molar-refractivity contribution >= 4 is 5.97 Å². The summed E-state index contributed by atoms with van der Waals surface area (Å²) in [5.74, 6) is 0.249. The van der Waals surface area contributed by atoms with Gasteiger partial charge in [-0.05, 0) is 18.1 Å². The first-order chi connectivity index (χ1) is 6.74. The molecule has 0 saturated carbocycles. The Morgan fingerprint density at radius 1 is 1.36 bits per heavy atom. The van der Waals surface area contributed by atoms with Crippen LogP contribution in [0.2, 0.25) is 0 Å². The molecule has 0 spiro atoms. The zero-order valence-electron chi connectivity index (χ0n) is 8.66. The molecule has 0 amide bonds. The van der Waals surface area contributed by atoms with Crippen molar-refractivity contribution in [2.75, 3.05) is 14.2 Å². The van der Waals surface area contributed by atoms with Crippen molar-refractivity contribution in [2.45, 2.75) is 13.3 Å². The lowest BCUT2D eigenvalue weighted by Gasteiger charge is -2.10. The smallest absolute Gasteiger partial charge is 0.341 e. The topological polar surface area (TPSA) is 35.5 Å². The van der Waals surface area contributed by atoms with Gasteiger partial charge in [0.1, 0.15) is 11.3 Å². The highest BCUT2D eigenvalue weighted by Crippen LogP contribution is 2.24. The number of hydrogen-bond donors (Lipinski definition) is 0. The Morgan fingerprint density at radius 2 is 2.07 bits per heavy atom. The first-order valence-corrected chi connectivity index (χ1v) is 4.48. The minimum atomic E-state index is -0.364. The Balaban J connectivity index is 3.21. The van der Waals surface area contributed by atoms with E-state index in [0.717, 1.165) is 12.0 Å². The van der Waals surface area contributed by atoms with E-state index in [4.69, 9.17) is 4.74 Å². The number of carbonyl (C=O) groups excluding carboxylic acids is 1. The SMILES string of the molecule is CCc1cccc(C(=O)OC)c1OC. The van der Waals surface area contributed by atoms with Crippen LogP contribution < -0.4 is 4.74 Å². The summed E-state index contributed by atoms with van der Waals surface area (Å²) in [5, 5.41) is 0. The number of rotatable bonds is 3. The summed E-state index contributed by atoms with van der Waals surface area (Å²) in [7, 11) is 2.92. The third kappa shape index (κ3) is 1.87. The molecule has 0 aliphatic carbocycles. The maximum atomic E-state index is 11.4. The van der Waals surface area contributed by atoms with Gasteiger partial charge in [0.15, 0.2) is 0 Å². The molecule has 0 atom stereocenters. The highest BCUT2D eigenvalue weighted by molar-refractivity contribution is 5.92. The predicted molar refractivity (Wildman–Crippen MR) is 53.7 cm³/mol. The van der Waals surface area contributed by atoms with E-state index in [1.807, 2.05) is 19.1 Å². The lowest BCUT2D eigenvalue weighted by atomic mass is 10.1. The molecule has 0 fully saturated rings. The van der Waals surface area contributed by atoms with Crippen molar-refractivity contribution in [3.63, 3.8) is 0 Å². The number of methoxy groups -OCH3 is 2. The average Bonchev–Trinajstić information content (AvgIpc) is 2.26. The molecule has 0 aromatic heterocycles. The zero-order valence-corrected chi connectivity index (χ0v) is 8.66. The fourth-order valence-corrected chi connectivity index (χ4v) is 1.37. The maximum Gasteiger partial charge on any atom is 0.341 e. The second-order valence-corrected chi connectivity index (χ2v) is 2.84. The third-order valence-electron chi connectivity index (χ3n) is 2.09. The lowest BCUT2D eigenvalue weighted by Crippen LogP contribution is -2.05. The third-order valence-corrected chi connectivity index (χ3v) is 2.09.